The van der Waals surface area contributed by atoms with E-state index in [9.17, 15) is 0 Å². The Morgan fingerprint density at radius 1 is 0.625 bits per heavy atom. The van der Waals surface area contributed by atoms with E-state index in [0.717, 1.165) is 12.3 Å². The van der Waals surface area contributed by atoms with Crippen molar-refractivity contribution < 1.29 is 0 Å². The van der Waals surface area contributed by atoms with Gasteiger partial charge in [-0.1, -0.05) is 116 Å². The summed E-state index contributed by atoms with van der Waals surface area (Å²) in [6.07, 6.45) is 30.7. The van der Waals surface area contributed by atoms with Gasteiger partial charge in [-0.3, -0.25) is 0 Å². The maximum Gasteiger partial charge on any atom is -0.0322 e. The molecule has 0 amide bonds. The summed E-state index contributed by atoms with van der Waals surface area (Å²) in [7, 11) is 0. The molecule has 1 unspecified atom stereocenters. The van der Waals surface area contributed by atoms with Crippen molar-refractivity contribution in [1.29, 1.82) is 0 Å². The van der Waals surface area contributed by atoms with Gasteiger partial charge in [-0.25, -0.2) is 0 Å². The molecule has 0 heteroatoms. The first kappa shape index (κ1) is 23.5. The van der Waals surface area contributed by atoms with E-state index in [-0.39, 0.29) is 0 Å². The lowest BCUT2D eigenvalue weighted by molar-refractivity contribution is 0.536. The highest BCUT2D eigenvalue weighted by Crippen LogP contribution is 2.14. The Kier molecular flexibility index (Phi) is 20.1. The molecule has 0 rings (SSSR count). The highest BCUT2D eigenvalue weighted by atomic mass is 14.0. The van der Waals surface area contributed by atoms with Gasteiger partial charge in [0.05, 0.1) is 0 Å². The zero-order valence-corrected chi connectivity index (χ0v) is 17.0. The van der Waals surface area contributed by atoms with Gasteiger partial charge in [0.15, 0.2) is 0 Å². The second-order valence-corrected chi connectivity index (χ2v) is 7.72. The fraction of sp³-hybridized carbons (Fsp3) is 0.833. The van der Waals surface area contributed by atoms with Gasteiger partial charge in [0.1, 0.15) is 0 Å². The zero-order chi connectivity index (χ0) is 17.7. The van der Waals surface area contributed by atoms with Crippen LogP contribution in [0.25, 0.3) is 0 Å². The summed E-state index contributed by atoms with van der Waals surface area (Å²) in [5, 5.41) is 0. The van der Waals surface area contributed by atoms with Crippen LogP contribution >= 0.6 is 0 Å². The minimum Gasteiger partial charge on any atom is -0.103 e. The van der Waals surface area contributed by atoms with Crippen molar-refractivity contribution in [2.45, 2.75) is 123 Å². The monoisotopic (exact) mass is 334 g/mol. The van der Waals surface area contributed by atoms with Crippen LogP contribution in [-0.4, -0.2) is 0 Å². The number of allylic oxidation sites excluding steroid dienone is 3. The van der Waals surface area contributed by atoms with Crippen molar-refractivity contribution in [3.05, 3.63) is 24.8 Å². The maximum atomic E-state index is 3.80. The Morgan fingerprint density at radius 3 is 1.54 bits per heavy atom. The van der Waals surface area contributed by atoms with Gasteiger partial charge in [-0.15, -0.1) is 6.58 Å². The van der Waals surface area contributed by atoms with E-state index in [1.54, 1.807) is 0 Å². The molecule has 0 fully saturated rings. The van der Waals surface area contributed by atoms with Crippen LogP contribution in [0, 0.1) is 5.92 Å². The van der Waals surface area contributed by atoms with E-state index in [2.05, 4.69) is 32.6 Å². The zero-order valence-electron chi connectivity index (χ0n) is 17.0. The van der Waals surface area contributed by atoms with E-state index in [0.29, 0.717) is 0 Å². The van der Waals surface area contributed by atoms with Gasteiger partial charge < -0.3 is 0 Å². The molecule has 0 aliphatic carbocycles. The van der Waals surface area contributed by atoms with Crippen LogP contribution in [0.5, 0.6) is 0 Å². The molecule has 0 aromatic heterocycles. The number of unbranched alkanes of at least 4 members (excludes halogenated alkanes) is 14. The third-order valence-electron chi connectivity index (χ3n) is 5.00. The molecule has 1 atom stereocenters. The van der Waals surface area contributed by atoms with Crippen LogP contribution in [-0.2, 0) is 0 Å². The van der Waals surface area contributed by atoms with E-state index < -0.39 is 0 Å². The normalized spacial score (nSPS) is 12.8. The van der Waals surface area contributed by atoms with Crippen molar-refractivity contribution in [2.24, 2.45) is 5.92 Å². The summed E-state index contributed by atoms with van der Waals surface area (Å²) < 4.78 is 0. The first-order valence-corrected chi connectivity index (χ1v) is 11.1. The van der Waals surface area contributed by atoms with Gasteiger partial charge in [0.25, 0.3) is 0 Å². The van der Waals surface area contributed by atoms with Gasteiger partial charge in [-0.2, -0.15) is 0 Å². The molecule has 24 heavy (non-hydrogen) atoms. The smallest absolute Gasteiger partial charge is 0.0322 e. The molecular weight excluding hydrogens is 288 g/mol. The summed E-state index contributed by atoms with van der Waals surface area (Å²) in [4.78, 5) is 0. The Labute approximate surface area is 154 Å². The van der Waals surface area contributed by atoms with E-state index in [1.807, 2.05) is 6.08 Å². The summed E-state index contributed by atoms with van der Waals surface area (Å²) >= 11 is 0. The van der Waals surface area contributed by atoms with Crippen LogP contribution in [0.4, 0.5) is 0 Å². The number of hydrogen-bond donors (Lipinski definition) is 0. The lowest BCUT2D eigenvalue weighted by atomic mass is 10.0. The average molecular weight is 335 g/mol. The fourth-order valence-corrected chi connectivity index (χ4v) is 3.28. The van der Waals surface area contributed by atoms with Crippen molar-refractivity contribution in [2.75, 3.05) is 0 Å². The maximum absolute atomic E-state index is 3.80. The second kappa shape index (κ2) is 20.5. The Bertz CT molecular complexity index is 263. The molecule has 142 valence electrons. The van der Waals surface area contributed by atoms with Crippen LogP contribution in [0.3, 0.4) is 0 Å². The van der Waals surface area contributed by atoms with E-state index in [1.165, 1.54) is 103 Å². The molecule has 0 aliphatic rings. The summed E-state index contributed by atoms with van der Waals surface area (Å²) in [5.41, 5.74) is 0. The van der Waals surface area contributed by atoms with Crippen LogP contribution in [0.1, 0.15) is 123 Å². The average Bonchev–Trinajstić information content (AvgIpc) is 2.58. The quantitative estimate of drug-likeness (QED) is 0.163. The van der Waals surface area contributed by atoms with Gasteiger partial charge in [0, 0.05) is 0 Å². The molecule has 0 heterocycles. The van der Waals surface area contributed by atoms with Crippen molar-refractivity contribution in [3.8, 4) is 0 Å². The molecule has 0 aliphatic heterocycles. The lowest BCUT2D eigenvalue weighted by Gasteiger charge is -2.03. The second-order valence-electron chi connectivity index (χ2n) is 7.72. The molecule has 0 nitrogen and oxygen atoms in total. The van der Waals surface area contributed by atoms with Crippen molar-refractivity contribution >= 4 is 0 Å². The number of rotatable bonds is 19. The molecule has 0 N–H and O–H groups in total. The fourth-order valence-electron chi connectivity index (χ4n) is 3.28. The molecular formula is C24H46. The Balaban J connectivity index is 3.10. The van der Waals surface area contributed by atoms with Crippen LogP contribution in [0.2, 0.25) is 0 Å². The molecule has 0 saturated heterocycles. The predicted molar refractivity (Wildman–Crippen MR) is 113 cm³/mol. The molecule has 0 saturated carbocycles. The SMILES string of the molecule is C=CCC(C)CC=CCCCCCCCCCCCCCCCC. The Hall–Kier alpha value is -0.520. The largest absolute Gasteiger partial charge is 0.103 e. The third-order valence-corrected chi connectivity index (χ3v) is 5.00. The summed E-state index contributed by atoms with van der Waals surface area (Å²) in [6, 6.07) is 0. The summed E-state index contributed by atoms with van der Waals surface area (Å²) in [5.74, 6) is 0.759. The molecule has 0 aromatic carbocycles. The highest BCUT2D eigenvalue weighted by molar-refractivity contribution is 4.84. The summed E-state index contributed by atoms with van der Waals surface area (Å²) in [6.45, 7) is 8.40. The molecule has 0 aromatic rings. The third kappa shape index (κ3) is 19.5. The lowest BCUT2D eigenvalue weighted by Crippen LogP contribution is -1.88. The standard InChI is InChI=1S/C24H46/c1-4-6-7-8-9-10-11-12-13-14-15-16-17-18-19-20-21-23-24(3)22-5-2/h5,20-21,24H,2,4,6-19,22-23H2,1,3H3. The highest BCUT2D eigenvalue weighted by Gasteiger charge is 1.95. The molecule has 0 radical (unpaired) electrons. The van der Waals surface area contributed by atoms with E-state index in [4.69, 9.17) is 0 Å². The van der Waals surface area contributed by atoms with Gasteiger partial charge in [-0.05, 0) is 31.6 Å². The predicted octanol–water partition coefficient (Wildman–Crippen LogP) is 9.02. The topological polar surface area (TPSA) is 0 Å². The minimum absolute atomic E-state index is 0.759. The van der Waals surface area contributed by atoms with Crippen LogP contribution < -0.4 is 0 Å². The Morgan fingerprint density at radius 2 is 1.08 bits per heavy atom. The molecule has 0 spiro atoms. The number of hydrogen-bond acceptors (Lipinski definition) is 0. The first-order chi connectivity index (χ1) is 11.8. The molecule has 0 bridgehead atoms. The minimum atomic E-state index is 0.759. The van der Waals surface area contributed by atoms with Gasteiger partial charge >= 0.3 is 0 Å². The van der Waals surface area contributed by atoms with Crippen molar-refractivity contribution in [1.82, 2.24) is 0 Å². The van der Waals surface area contributed by atoms with Crippen LogP contribution in [0.15, 0.2) is 24.8 Å². The van der Waals surface area contributed by atoms with Crippen molar-refractivity contribution in [3.63, 3.8) is 0 Å². The van der Waals surface area contributed by atoms with Gasteiger partial charge in [0.2, 0.25) is 0 Å². The first-order valence-electron chi connectivity index (χ1n) is 11.1. The van der Waals surface area contributed by atoms with E-state index >= 15 is 0 Å².